The van der Waals surface area contributed by atoms with Gasteiger partial charge < -0.3 is 10.6 Å². The maximum atomic E-state index is 5.95. The molecule has 3 heteroatoms. The van der Waals surface area contributed by atoms with Gasteiger partial charge in [0.25, 0.3) is 0 Å². The molecule has 1 aliphatic carbocycles. The van der Waals surface area contributed by atoms with Crippen molar-refractivity contribution in [2.45, 2.75) is 12.8 Å². The molecule has 0 atom stereocenters. The summed E-state index contributed by atoms with van der Waals surface area (Å²) in [6, 6.07) is 6.07. The third kappa shape index (κ3) is 2.21. The Bertz CT molecular complexity index is 334. The molecular formula is C11H15BrN2. The molecule has 0 aliphatic heterocycles. The van der Waals surface area contributed by atoms with Crippen molar-refractivity contribution < 1.29 is 0 Å². The number of rotatable bonds is 3. The standard InChI is InChI=1S/C11H15BrN2/c1-14(7-8-2-3-8)11-5-4-9(12)6-10(11)13/h4-6,8H,2-3,7,13H2,1H3. The van der Waals surface area contributed by atoms with Crippen LogP contribution in [0.2, 0.25) is 0 Å². The molecule has 1 aromatic rings. The fourth-order valence-electron chi connectivity index (χ4n) is 1.66. The van der Waals surface area contributed by atoms with Crippen LogP contribution in [0.5, 0.6) is 0 Å². The predicted molar refractivity (Wildman–Crippen MR) is 64.5 cm³/mol. The van der Waals surface area contributed by atoms with Gasteiger partial charge >= 0.3 is 0 Å². The van der Waals surface area contributed by atoms with E-state index in [1.807, 2.05) is 12.1 Å². The molecule has 1 fully saturated rings. The summed E-state index contributed by atoms with van der Waals surface area (Å²) in [7, 11) is 2.11. The van der Waals surface area contributed by atoms with Crippen molar-refractivity contribution in [3.63, 3.8) is 0 Å². The van der Waals surface area contributed by atoms with Crippen LogP contribution in [0.3, 0.4) is 0 Å². The van der Waals surface area contributed by atoms with E-state index >= 15 is 0 Å². The second-order valence-electron chi connectivity index (χ2n) is 4.03. The molecule has 1 saturated carbocycles. The number of anilines is 2. The summed E-state index contributed by atoms with van der Waals surface area (Å²) in [5, 5.41) is 0. The van der Waals surface area contributed by atoms with Crippen LogP contribution in [0.15, 0.2) is 22.7 Å². The summed E-state index contributed by atoms with van der Waals surface area (Å²) in [6.45, 7) is 1.13. The Balaban J connectivity index is 2.13. The second-order valence-corrected chi connectivity index (χ2v) is 4.94. The molecule has 2 nitrogen and oxygen atoms in total. The smallest absolute Gasteiger partial charge is 0.0598 e. The van der Waals surface area contributed by atoms with E-state index in [2.05, 4.69) is 33.9 Å². The highest BCUT2D eigenvalue weighted by Crippen LogP contribution is 2.33. The quantitative estimate of drug-likeness (QED) is 0.841. The largest absolute Gasteiger partial charge is 0.397 e. The number of hydrogen-bond donors (Lipinski definition) is 1. The Morgan fingerprint density at radius 2 is 2.21 bits per heavy atom. The molecule has 76 valence electrons. The molecule has 1 aromatic carbocycles. The zero-order valence-corrected chi connectivity index (χ0v) is 9.92. The first-order chi connectivity index (χ1) is 6.66. The molecule has 2 N–H and O–H groups in total. The summed E-state index contributed by atoms with van der Waals surface area (Å²) in [5.41, 5.74) is 7.94. The van der Waals surface area contributed by atoms with E-state index in [1.165, 1.54) is 12.8 Å². The van der Waals surface area contributed by atoms with Crippen molar-refractivity contribution >= 4 is 27.3 Å². The van der Waals surface area contributed by atoms with Gasteiger partial charge in [-0.15, -0.1) is 0 Å². The third-order valence-corrected chi connectivity index (χ3v) is 3.12. The van der Waals surface area contributed by atoms with Gasteiger partial charge in [0, 0.05) is 18.1 Å². The number of hydrogen-bond acceptors (Lipinski definition) is 2. The Morgan fingerprint density at radius 1 is 1.50 bits per heavy atom. The number of benzene rings is 1. The lowest BCUT2D eigenvalue weighted by Crippen LogP contribution is -2.20. The minimum atomic E-state index is 0.850. The highest BCUT2D eigenvalue weighted by atomic mass is 79.9. The van der Waals surface area contributed by atoms with Crippen molar-refractivity contribution in [2.24, 2.45) is 5.92 Å². The lowest BCUT2D eigenvalue weighted by atomic mass is 10.2. The monoisotopic (exact) mass is 254 g/mol. The minimum Gasteiger partial charge on any atom is -0.397 e. The summed E-state index contributed by atoms with van der Waals surface area (Å²) < 4.78 is 1.04. The van der Waals surface area contributed by atoms with Crippen LogP contribution in [-0.4, -0.2) is 13.6 Å². The molecule has 0 bridgehead atoms. The van der Waals surface area contributed by atoms with Gasteiger partial charge in [0.15, 0.2) is 0 Å². The van der Waals surface area contributed by atoms with E-state index in [4.69, 9.17) is 5.73 Å². The topological polar surface area (TPSA) is 29.3 Å². The molecule has 0 heterocycles. The number of halogens is 1. The maximum absolute atomic E-state index is 5.95. The Hall–Kier alpha value is -0.700. The summed E-state index contributed by atoms with van der Waals surface area (Å²) in [5.74, 6) is 0.892. The number of nitrogen functional groups attached to an aromatic ring is 1. The lowest BCUT2D eigenvalue weighted by Gasteiger charge is -2.20. The van der Waals surface area contributed by atoms with Crippen molar-refractivity contribution in [1.29, 1.82) is 0 Å². The van der Waals surface area contributed by atoms with Gasteiger partial charge in [-0.3, -0.25) is 0 Å². The second kappa shape index (κ2) is 3.81. The Morgan fingerprint density at radius 3 is 2.79 bits per heavy atom. The van der Waals surface area contributed by atoms with Gasteiger partial charge in [-0.05, 0) is 37.0 Å². The molecular weight excluding hydrogens is 240 g/mol. The maximum Gasteiger partial charge on any atom is 0.0598 e. The van der Waals surface area contributed by atoms with Crippen LogP contribution in [0.4, 0.5) is 11.4 Å². The Kier molecular flexibility index (Phi) is 2.68. The van der Waals surface area contributed by atoms with E-state index < -0.39 is 0 Å². The van der Waals surface area contributed by atoms with Gasteiger partial charge in [-0.1, -0.05) is 15.9 Å². The number of nitrogens with two attached hydrogens (primary N) is 1. The molecule has 14 heavy (non-hydrogen) atoms. The normalized spacial score (nSPS) is 15.6. The first kappa shape index (κ1) is 9.84. The van der Waals surface area contributed by atoms with Gasteiger partial charge in [-0.25, -0.2) is 0 Å². The fraction of sp³-hybridized carbons (Fsp3) is 0.455. The van der Waals surface area contributed by atoms with Crippen LogP contribution in [0.1, 0.15) is 12.8 Å². The first-order valence-corrected chi connectivity index (χ1v) is 5.72. The highest BCUT2D eigenvalue weighted by Gasteiger charge is 2.23. The van der Waals surface area contributed by atoms with Crippen LogP contribution < -0.4 is 10.6 Å². The molecule has 0 saturated heterocycles. The zero-order valence-electron chi connectivity index (χ0n) is 8.33. The van der Waals surface area contributed by atoms with Gasteiger partial charge in [0.1, 0.15) is 0 Å². The average molecular weight is 255 g/mol. The summed E-state index contributed by atoms with van der Waals surface area (Å²) in [4.78, 5) is 2.25. The van der Waals surface area contributed by atoms with Crippen LogP contribution in [-0.2, 0) is 0 Å². The Labute approximate surface area is 93.2 Å². The van der Waals surface area contributed by atoms with Gasteiger partial charge in [0.2, 0.25) is 0 Å². The average Bonchev–Trinajstić information content (AvgIpc) is 2.87. The van der Waals surface area contributed by atoms with E-state index in [9.17, 15) is 0 Å². The molecule has 0 amide bonds. The van der Waals surface area contributed by atoms with E-state index in [0.717, 1.165) is 28.3 Å². The molecule has 0 spiro atoms. The third-order valence-electron chi connectivity index (χ3n) is 2.63. The SMILES string of the molecule is CN(CC1CC1)c1ccc(Br)cc1N. The van der Waals surface area contributed by atoms with Crippen LogP contribution in [0.25, 0.3) is 0 Å². The van der Waals surface area contributed by atoms with E-state index in [1.54, 1.807) is 0 Å². The predicted octanol–water partition coefficient (Wildman–Crippen LogP) is 2.88. The molecule has 1 aliphatic rings. The van der Waals surface area contributed by atoms with E-state index in [-0.39, 0.29) is 0 Å². The van der Waals surface area contributed by atoms with Crippen molar-refractivity contribution in [3.05, 3.63) is 22.7 Å². The molecule has 0 aromatic heterocycles. The molecule has 0 unspecified atom stereocenters. The highest BCUT2D eigenvalue weighted by molar-refractivity contribution is 9.10. The van der Waals surface area contributed by atoms with Crippen LogP contribution >= 0.6 is 15.9 Å². The molecule has 0 radical (unpaired) electrons. The first-order valence-electron chi connectivity index (χ1n) is 4.93. The molecule has 2 rings (SSSR count). The number of nitrogens with zero attached hydrogens (tertiary/aromatic N) is 1. The van der Waals surface area contributed by atoms with Crippen LogP contribution in [0, 0.1) is 5.92 Å². The van der Waals surface area contributed by atoms with E-state index in [0.29, 0.717) is 0 Å². The summed E-state index contributed by atoms with van der Waals surface area (Å²) in [6.07, 6.45) is 2.75. The van der Waals surface area contributed by atoms with Crippen molar-refractivity contribution in [3.8, 4) is 0 Å². The minimum absolute atomic E-state index is 0.850. The lowest BCUT2D eigenvalue weighted by molar-refractivity contribution is 0.788. The summed E-state index contributed by atoms with van der Waals surface area (Å²) >= 11 is 3.41. The van der Waals surface area contributed by atoms with Crippen molar-refractivity contribution in [2.75, 3.05) is 24.2 Å². The zero-order chi connectivity index (χ0) is 10.1. The van der Waals surface area contributed by atoms with Gasteiger partial charge in [-0.2, -0.15) is 0 Å². The van der Waals surface area contributed by atoms with Gasteiger partial charge in [0.05, 0.1) is 11.4 Å². The van der Waals surface area contributed by atoms with Crippen molar-refractivity contribution in [1.82, 2.24) is 0 Å². The fourth-order valence-corrected chi connectivity index (χ4v) is 2.04.